The molecule has 1 saturated heterocycles. The first-order valence-corrected chi connectivity index (χ1v) is 7.06. The standard InChI is InChI=1S/C15H20FN3O3/c1-15(2,10-20)17-13(21)9-18-7-8-19(14(18)22)12-5-3-11(16)4-6-12/h3-6,20H,7-10H2,1-2H3,(H,17,21). The van der Waals surface area contributed by atoms with Gasteiger partial charge in [-0.3, -0.25) is 9.69 Å². The van der Waals surface area contributed by atoms with Crippen molar-refractivity contribution in [3.63, 3.8) is 0 Å². The molecule has 0 unspecified atom stereocenters. The Morgan fingerprint density at radius 1 is 1.32 bits per heavy atom. The SMILES string of the molecule is CC(C)(CO)NC(=O)CN1CCN(c2ccc(F)cc2)C1=O. The van der Waals surface area contributed by atoms with Crippen LogP contribution in [-0.2, 0) is 4.79 Å². The zero-order valence-corrected chi connectivity index (χ0v) is 12.7. The molecule has 2 N–H and O–H groups in total. The Kier molecular flexibility index (Phi) is 4.65. The number of aliphatic hydroxyl groups is 1. The van der Waals surface area contributed by atoms with Crippen LogP contribution in [0.15, 0.2) is 24.3 Å². The molecule has 0 aromatic heterocycles. The van der Waals surface area contributed by atoms with E-state index in [0.717, 1.165) is 0 Å². The maximum atomic E-state index is 12.9. The molecule has 0 aliphatic carbocycles. The molecule has 22 heavy (non-hydrogen) atoms. The van der Waals surface area contributed by atoms with Crippen molar-refractivity contribution in [2.75, 3.05) is 31.1 Å². The van der Waals surface area contributed by atoms with Gasteiger partial charge in [-0.2, -0.15) is 0 Å². The number of hydrogen-bond donors (Lipinski definition) is 2. The molecule has 0 spiro atoms. The van der Waals surface area contributed by atoms with Crippen LogP contribution >= 0.6 is 0 Å². The number of carbonyl (C=O) groups is 2. The minimum absolute atomic E-state index is 0.0695. The molecule has 1 aromatic rings. The third kappa shape index (κ3) is 3.73. The summed E-state index contributed by atoms with van der Waals surface area (Å²) in [5.41, 5.74) is -0.124. The number of nitrogens with one attached hydrogen (secondary N) is 1. The quantitative estimate of drug-likeness (QED) is 0.851. The highest BCUT2D eigenvalue weighted by molar-refractivity contribution is 5.96. The Labute approximate surface area is 128 Å². The molecule has 1 heterocycles. The number of nitrogens with zero attached hydrogens (tertiary/aromatic N) is 2. The predicted octanol–water partition coefficient (Wildman–Crippen LogP) is 0.955. The summed E-state index contributed by atoms with van der Waals surface area (Å²) in [5.74, 6) is -0.689. The Morgan fingerprint density at radius 2 is 1.95 bits per heavy atom. The first-order chi connectivity index (χ1) is 10.3. The summed E-state index contributed by atoms with van der Waals surface area (Å²) in [4.78, 5) is 27.1. The summed E-state index contributed by atoms with van der Waals surface area (Å²) in [6.07, 6.45) is 0. The Bertz CT molecular complexity index is 560. The lowest BCUT2D eigenvalue weighted by atomic mass is 10.1. The van der Waals surface area contributed by atoms with Gasteiger partial charge in [0.2, 0.25) is 5.91 Å². The highest BCUT2D eigenvalue weighted by Crippen LogP contribution is 2.20. The summed E-state index contributed by atoms with van der Waals surface area (Å²) in [7, 11) is 0. The van der Waals surface area contributed by atoms with Crippen molar-refractivity contribution in [1.82, 2.24) is 10.2 Å². The van der Waals surface area contributed by atoms with Gasteiger partial charge in [0, 0.05) is 18.8 Å². The minimum Gasteiger partial charge on any atom is -0.394 e. The molecular formula is C15H20FN3O3. The van der Waals surface area contributed by atoms with Crippen LogP contribution in [0.5, 0.6) is 0 Å². The maximum Gasteiger partial charge on any atom is 0.325 e. The number of rotatable bonds is 5. The average Bonchev–Trinajstić information content (AvgIpc) is 2.81. The fraction of sp³-hybridized carbons (Fsp3) is 0.467. The van der Waals surface area contributed by atoms with Crippen molar-refractivity contribution < 1.29 is 19.1 Å². The van der Waals surface area contributed by atoms with Crippen LogP contribution in [-0.4, -0.2) is 53.7 Å². The first kappa shape index (κ1) is 16.2. The van der Waals surface area contributed by atoms with Gasteiger partial charge in [0.05, 0.1) is 12.1 Å². The van der Waals surface area contributed by atoms with Gasteiger partial charge in [-0.25, -0.2) is 9.18 Å². The summed E-state index contributed by atoms with van der Waals surface area (Å²) in [6, 6.07) is 5.37. The van der Waals surface area contributed by atoms with E-state index in [1.165, 1.54) is 34.1 Å². The molecule has 1 aliphatic rings. The molecule has 7 heteroatoms. The maximum absolute atomic E-state index is 12.9. The molecule has 0 saturated carbocycles. The predicted molar refractivity (Wildman–Crippen MR) is 80.0 cm³/mol. The molecule has 120 valence electrons. The zero-order valence-electron chi connectivity index (χ0n) is 12.7. The summed E-state index contributed by atoms with van der Waals surface area (Å²) >= 11 is 0. The van der Waals surface area contributed by atoms with Gasteiger partial charge in [0.25, 0.3) is 0 Å². The van der Waals surface area contributed by atoms with Crippen LogP contribution in [0, 0.1) is 5.82 Å². The van der Waals surface area contributed by atoms with E-state index in [4.69, 9.17) is 5.11 Å². The van der Waals surface area contributed by atoms with Gasteiger partial charge in [-0.05, 0) is 38.1 Å². The number of benzene rings is 1. The number of amides is 3. The van der Waals surface area contributed by atoms with Crippen molar-refractivity contribution >= 4 is 17.6 Å². The van der Waals surface area contributed by atoms with Gasteiger partial charge in [0.15, 0.2) is 0 Å². The average molecular weight is 309 g/mol. The van der Waals surface area contributed by atoms with E-state index in [0.29, 0.717) is 18.8 Å². The topological polar surface area (TPSA) is 72.9 Å². The Balaban J connectivity index is 1.97. The summed E-state index contributed by atoms with van der Waals surface area (Å²) in [6.45, 7) is 4.00. The summed E-state index contributed by atoms with van der Waals surface area (Å²) < 4.78 is 12.9. The second kappa shape index (κ2) is 6.31. The molecule has 0 bridgehead atoms. The van der Waals surface area contributed by atoms with E-state index in [-0.39, 0.29) is 30.9 Å². The van der Waals surface area contributed by atoms with E-state index >= 15 is 0 Å². The van der Waals surface area contributed by atoms with Crippen molar-refractivity contribution in [3.8, 4) is 0 Å². The van der Waals surface area contributed by atoms with E-state index in [9.17, 15) is 14.0 Å². The van der Waals surface area contributed by atoms with Crippen molar-refractivity contribution in [1.29, 1.82) is 0 Å². The molecule has 1 aliphatic heterocycles. The lowest BCUT2D eigenvalue weighted by Gasteiger charge is -2.25. The molecule has 1 aromatic carbocycles. The number of carbonyl (C=O) groups excluding carboxylic acids is 2. The van der Waals surface area contributed by atoms with Crippen LogP contribution in [0.3, 0.4) is 0 Å². The molecule has 1 fully saturated rings. The second-order valence-electron chi connectivity index (χ2n) is 5.92. The van der Waals surface area contributed by atoms with Crippen molar-refractivity contribution in [3.05, 3.63) is 30.1 Å². The molecule has 2 rings (SSSR count). The van der Waals surface area contributed by atoms with Gasteiger partial charge >= 0.3 is 6.03 Å². The van der Waals surface area contributed by atoms with Crippen LogP contribution in [0.4, 0.5) is 14.9 Å². The van der Waals surface area contributed by atoms with Crippen LogP contribution in [0.25, 0.3) is 0 Å². The highest BCUT2D eigenvalue weighted by atomic mass is 19.1. The normalized spacial score (nSPS) is 15.4. The van der Waals surface area contributed by atoms with E-state index in [1.54, 1.807) is 13.8 Å². The largest absolute Gasteiger partial charge is 0.394 e. The lowest BCUT2D eigenvalue weighted by Crippen LogP contribution is -2.50. The fourth-order valence-corrected chi connectivity index (χ4v) is 2.22. The van der Waals surface area contributed by atoms with E-state index in [1.807, 2.05) is 0 Å². The van der Waals surface area contributed by atoms with Gasteiger partial charge in [0.1, 0.15) is 12.4 Å². The molecule has 3 amide bonds. The number of halogens is 1. The minimum atomic E-state index is -0.726. The lowest BCUT2D eigenvalue weighted by molar-refractivity contribution is -0.123. The molecule has 6 nitrogen and oxygen atoms in total. The van der Waals surface area contributed by atoms with Gasteiger partial charge in [-0.1, -0.05) is 0 Å². The summed E-state index contributed by atoms with van der Waals surface area (Å²) in [5, 5.41) is 11.8. The Hall–Kier alpha value is -2.15. The van der Waals surface area contributed by atoms with Crippen molar-refractivity contribution in [2.24, 2.45) is 0 Å². The van der Waals surface area contributed by atoms with Crippen LogP contribution < -0.4 is 10.2 Å². The second-order valence-corrected chi connectivity index (χ2v) is 5.92. The first-order valence-electron chi connectivity index (χ1n) is 7.06. The molecule has 0 radical (unpaired) electrons. The third-order valence-corrected chi connectivity index (χ3v) is 3.44. The monoisotopic (exact) mass is 309 g/mol. The van der Waals surface area contributed by atoms with E-state index < -0.39 is 5.54 Å². The Morgan fingerprint density at radius 3 is 2.55 bits per heavy atom. The van der Waals surface area contributed by atoms with E-state index in [2.05, 4.69) is 5.32 Å². The fourth-order valence-electron chi connectivity index (χ4n) is 2.22. The number of aliphatic hydroxyl groups excluding tert-OH is 1. The number of hydrogen-bond acceptors (Lipinski definition) is 3. The van der Waals surface area contributed by atoms with Gasteiger partial charge in [-0.15, -0.1) is 0 Å². The molecular weight excluding hydrogens is 289 g/mol. The van der Waals surface area contributed by atoms with Crippen LogP contribution in [0.2, 0.25) is 0 Å². The highest BCUT2D eigenvalue weighted by Gasteiger charge is 2.31. The van der Waals surface area contributed by atoms with Gasteiger partial charge < -0.3 is 15.3 Å². The smallest absolute Gasteiger partial charge is 0.325 e. The molecule has 0 atom stereocenters. The number of anilines is 1. The third-order valence-electron chi connectivity index (χ3n) is 3.44. The van der Waals surface area contributed by atoms with Crippen molar-refractivity contribution in [2.45, 2.75) is 19.4 Å². The number of urea groups is 1. The zero-order chi connectivity index (χ0) is 16.3. The van der Waals surface area contributed by atoms with Crippen LogP contribution in [0.1, 0.15) is 13.8 Å².